The van der Waals surface area contributed by atoms with Gasteiger partial charge in [-0.1, -0.05) is 6.92 Å². The van der Waals surface area contributed by atoms with Gasteiger partial charge < -0.3 is 9.64 Å². The summed E-state index contributed by atoms with van der Waals surface area (Å²) < 4.78 is 6.44. The molecule has 0 aliphatic carbocycles. The lowest BCUT2D eigenvalue weighted by Crippen LogP contribution is -2.36. The molecule has 0 N–H and O–H groups in total. The first-order chi connectivity index (χ1) is 11.2. The van der Waals surface area contributed by atoms with Crippen molar-refractivity contribution < 1.29 is 4.74 Å². The van der Waals surface area contributed by atoms with Crippen molar-refractivity contribution in [1.82, 2.24) is 19.9 Å². The predicted octanol–water partition coefficient (Wildman–Crippen LogP) is 2.89. The van der Waals surface area contributed by atoms with Crippen molar-refractivity contribution in [1.29, 1.82) is 0 Å². The van der Waals surface area contributed by atoms with Crippen LogP contribution in [0.4, 0.5) is 5.95 Å². The highest BCUT2D eigenvalue weighted by Crippen LogP contribution is 2.21. The van der Waals surface area contributed by atoms with Gasteiger partial charge in [-0.2, -0.15) is 0 Å². The van der Waals surface area contributed by atoms with Gasteiger partial charge in [-0.3, -0.25) is 0 Å². The predicted molar refractivity (Wildman–Crippen MR) is 91.6 cm³/mol. The molecule has 2 aromatic heterocycles. The Bertz CT molecular complexity index is 611. The molecule has 6 nitrogen and oxygen atoms in total. The minimum absolute atomic E-state index is 0.534. The average Bonchev–Trinajstić information content (AvgIpc) is 2.62. The van der Waals surface area contributed by atoms with Gasteiger partial charge in [0.15, 0.2) is 0 Å². The van der Waals surface area contributed by atoms with Gasteiger partial charge in [-0.15, -0.1) is 0 Å². The minimum Gasteiger partial charge on any atom is -0.476 e. The maximum atomic E-state index is 5.73. The van der Waals surface area contributed by atoms with E-state index in [0.29, 0.717) is 23.0 Å². The molecule has 0 atom stereocenters. The quantitative estimate of drug-likeness (QED) is 0.797. The van der Waals surface area contributed by atoms with Gasteiger partial charge in [0, 0.05) is 25.5 Å². The number of rotatable bonds is 5. The van der Waals surface area contributed by atoms with E-state index in [4.69, 9.17) is 4.74 Å². The summed E-state index contributed by atoms with van der Waals surface area (Å²) in [6, 6.07) is 0. The zero-order valence-electron chi connectivity index (χ0n) is 13.2. The molecular weight excluding hydrogens is 358 g/mol. The van der Waals surface area contributed by atoms with Crippen molar-refractivity contribution >= 4 is 21.9 Å². The standard InChI is InChI=1S/C16H20BrN5O/c1-2-12-7-20-16(21-8-12)22-5-3-13(4-6-22)11-23-15-10-18-14(17)9-19-15/h7-10,13H,2-6,11H2,1H3. The summed E-state index contributed by atoms with van der Waals surface area (Å²) in [4.78, 5) is 19.5. The zero-order valence-corrected chi connectivity index (χ0v) is 14.7. The van der Waals surface area contributed by atoms with E-state index in [1.807, 2.05) is 12.4 Å². The van der Waals surface area contributed by atoms with Crippen molar-refractivity contribution in [3.8, 4) is 5.88 Å². The molecule has 3 heterocycles. The van der Waals surface area contributed by atoms with Gasteiger partial charge in [0.1, 0.15) is 4.60 Å². The van der Waals surface area contributed by atoms with Gasteiger partial charge in [-0.25, -0.2) is 19.9 Å². The summed E-state index contributed by atoms with van der Waals surface area (Å²) >= 11 is 3.26. The van der Waals surface area contributed by atoms with Crippen LogP contribution in [-0.4, -0.2) is 39.6 Å². The molecule has 0 radical (unpaired) electrons. The number of hydrogen-bond donors (Lipinski definition) is 0. The number of anilines is 1. The third-order valence-corrected chi connectivity index (χ3v) is 4.47. The molecule has 1 saturated heterocycles. The first kappa shape index (κ1) is 16.1. The highest BCUT2D eigenvalue weighted by atomic mass is 79.9. The molecule has 23 heavy (non-hydrogen) atoms. The van der Waals surface area contributed by atoms with E-state index in [1.54, 1.807) is 12.4 Å². The topological polar surface area (TPSA) is 64.0 Å². The van der Waals surface area contributed by atoms with E-state index in [-0.39, 0.29) is 0 Å². The van der Waals surface area contributed by atoms with Crippen molar-refractivity contribution in [2.45, 2.75) is 26.2 Å². The molecule has 0 spiro atoms. The Kier molecular flexibility index (Phi) is 5.38. The molecule has 7 heteroatoms. The van der Waals surface area contributed by atoms with Crippen LogP contribution >= 0.6 is 15.9 Å². The third-order valence-electron chi connectivity index (χ3n) is 4.06. The van der Waals surface area contributed by atoms with E-state index >= 15 is 0 Å². The zero-order chi connectivity index (χ0) is 16.1. The summed E-state index contributed by atoms with van der Waals surface area (Å²) in [5.41, 5.74) is 1.17. The molecular formula is C16H20BrN5O. The fourth-order valence-electron chi connectivity index (χ4n) is 2.57. The number of halogens is 1. The van der Waals surface area contributed by atoms with Crippen molar-refractivity contribution in [2.24, 2.45) is 5.92 Å². The number of ether oxygens (including phenoxy) is 1. The lowest BCUT2D eigenvalue weighted by Gasteiger charge is -2.31. The van der Waals surface area contributed by atoms with Crippen LogP contribution in [-0.2, 0) is 6.42 Å². The maximum absolute atomic E-state index is 5.73. The lowest BCUT2D eigenvalue weighted by molar-refractivity contribution is 0.215. The monoisotopic (exact) mass is 377 g/mol. The number of piperidine rings is 1. The molecule has 0 bridgehead atoms. The summed E-state index contributed by atoms with van der Waals surface area (Å²) in [5, 5.41) is 0. The SMILES string of the molecule is CCc1cnc(N2CCC(COc3cnc(Br)cn3)CC2)nc1. The van der Waals surface area contributed by atoms with Crippen LogP contribution < -0.4 is 9.64 Å². The second-order valence-electron chi connectivity index (χ2n) is 5.66. The molecule has 3 rings (SSSR count). The van der Waals surface area contributed by atoms with Gasteiger partial charge in [-0.05, 0) is 46.7 Å². The van der Waals surface area contributed by atoms with E-state index in [9.17, 15) is 0 Å². The maximum Gasteiger partial charge on any atom is 0.232 e. The summed E-state index contributed by atoms with van der Waals surface area (Å²) in [5.74, 6) is 1.95. The molecule has 1 fully saturated rings. The Balaban J connectivity index is 1.47. The van der Waals surface area contributed by atoms with Crippen molar-refractivity contribution in [3.63, 3.8) is 0 Å². The molecule has 122 valence electrons. The molecule has 1 aliphatic heterocycles. The Morgan fingerprint density at radius 2 is 1.83 bits per heavy atom. The molecule has 0 amide bonds. The van der Waals surface area contributed by atoms with Crippen molar-refractivity contribution in [3.05, 3.63) is 35.0 Å². The van der Waals surface area contributed by atoms with Gasteiger partial charge in [0.2, 0.25) is 11.8 Å². The number of aryl methyl sites for hydroxylation is 1. The van der Waals surface area contributed by atoms with Crippen LogP contribution in [0.15, 0.2) is 29.4 Å². The van der Waals surface area contributed by atoms with E-state index in [1.165, 1.54) is 5.56 Å². The second kappa shape index (κ2) is 7.68. The average molecular weight is 378 g/mol. The van der Waals surface area contributed by atoms with Crippen LogP contribution in [0.2, 0.25) is 0 Å². The summed E-state index contributed by atoms with van der Waals surface area (Å²) in [6.07, 6.45) is 10.2. The fourth-order valence-corrected chi connectivity index (χ4v) is 2.78. The van der Waals surface area contributed by atoms with E-state index < -0.39 is 0 Å². The first-order valence-electron chi connectivity index (χ1n) is 7.91. The van der Waals surface area contributed by atoms with Gasteiger partial charge in [0.25, 0.3) is 0 Å². The second-order valence-corrected chi connectivity index (χ2v) is 6.48. The molecule has 0 unspecified atom stereocenters. The number of hydrogen-bond acceptors (Lipinski definition) is 6. The van der Waals surface area contributed by atoms with Crippen LogP contribution in [0.1, 0.15) is 25.3 Å². The Morgan fingerprint density at radius 1 is 1.09 bits per heavy atom. The molecule has 2 aromatic rings. The summed E-state index contributed by atoms with van der Waals surface area (Å²) in [7, 11) is 0. The Labute approximate surface area is 144 Å². The smallest absolute Gasteiger partial charge is 0.232 e. The third kappa shape index (κ3) is 4.37. The summed E-state index contributed by atoms with van der Waals surface area (Å²) in [6.45, 7) is 4.72. The van der Waals surface area contributed by atoms with Crippen LogP contribution in [0.5, 0.6) is 5.88 Å². The molecule has 0 saturated carbocycles. The van der Waals surface area contributed by atoms with Crippen molar-refractivity contribution in [2.75, 3.05) is 24.6 Å². The van der Waals surface area contributed by atoms with Crippen LogP contribution in [0.25, 0.3) is 0 Å². The van der Waals surface area contributed by atoms with Crippen LogP contribution in [0.3, 0.4) is 0 Å². The molecule has 0 aromatic carbocycles. The fraction of sp³-hybridized carbons (Fsp3) is 0.500. The lowest BCUT2D eigenvalue weighted by atomic mass is 9.98. The van der Waals surface area contributed by atoms with Gasteiger partial charge in [0.05, 0.1) is 19.0 Å². The Morgan fingerprint density at radius 3 is 2.43 bits per heavy atom. The highest BCUT2D eigenvalue weighted by molar-refractivity contribution is 9.10. The number of aromatic nitrogens is 4. The van der Waals surface area contributed by atoms with Gasteiger partial charge >= 0.3 is 0 Å². The van der Waals surface area contributed by atoms with E-state index in [2.05, 4.69) is 47.7 Å². The normalized spacial score (nSPS) is 15.7. The minimum atomic E-state index is 0.534. The largest absolute Gasteiger partial charge is 0.476 e. The van der Waals surface area contributed by atoms with Crippen LogP contribution in [0, 0.1) is 5.92 Å². The highest BCUT2D eigenvalue weighted by Gasteiger charge is 2.21. The number of nitrogens with zero attached hydrogens (tertiary/aromatic N) is 5. The molecule has 1 aliphatic rings. The van der Waals surface area contributed by atoms with E-state index in [0.717, 1.165) is 38.3 Å². The first-order valence-corrected chi connectivity index (χ1v) is 8.70. The Hall–Kier alpha value is -1.76.